The second-order valence-electron chi connectivity index (χ2n) is 5.50. The summed E-state index contributed by atoms with van der Waals surface area (Å²) in [6.45, 7) is 3.11. The Kier molecular flexibility index (Phi) is 3.25. The van der Waals surface area contributed by atoms with Crippen molar-refractivity contribution < 1.29 is 9.13 Å². The van der Waals surface area contributed by atoms with Crippen LogP contribution in [0.25, 0.3) is 0 Å². The zero-order chi connectivity index (χ0) is 12.5. The fraction of sp³-hybridized carbons (Fsp3) is 0.600. The van der Waals surface area contributed by atoms with Crippen LogP contribution in [0.2, 0.25) is 0 Å². The van der Waals surface area contributed by atoms with Crippen molar-refractivity contribution in [2.24, 2.45) is 5.92 Å². The summed E-state index contributed by atoms with van der Waals surface area (Å²) in [6.07, 6.45) is 4.90. The normalized spacial score (nSPS) is 28.9. The maximum Gasteiger partial charge on any atom is 0.123 e. The Morgan fingerprint density at radius 2 is 2.33 bits per heavy atom. The molecule has 0 aromatic heterocycles. The summed E-state index contributed by atoms with van der Waals surface area (Å²) in [5, 5.41) is 3.56. The molecule has 0 saturated heterocycles. The van der Waals surface area contributed by atoms with Crippen molar-refractivity contribution in [3.63, 3.8) is 0 Å². The molecule has 1 fully saturated rings. The van der Waals surface area contributed by atoms with Crippen LogP contribution < -0.4 is 10.1 Å². The molecule has 0 spiro atoms. The van der Waals surface area contributed by atoms with Crippen LogP contribution in [0.3, 0.4) is 0 Å². The number of hydrogen-bond acceptors (Lipinski definition) is 2. The predicted molar refractivity (Wildman–Crippen MR) is 69.3 cm³/mol. The summed E-state index contributed by atoms with van der Waals surface area (Å²) >= 11 is 0. The van der Waals surface area contributed by atoms with Gasteiger partial charge in [-0.05, 0) is 37.0 Å². The molecule has 1 aromatic rings. The number of hydrogen-bond donors (Lipinski definition) is 1. The fourth-order valence-corrected chi connectivity index (χ4v) is 2.87. The van der Waals surface area contributed by atoms with E-state index in [0.29, 0.717) is 6.04 Å². The van der Waals surface area contributed by atoms with E-state index in [2.05, 4.69) is 12.2 Å². The van der Waals surface area contributed by atoms with Crippen molar-refractivity contribution in [2.45, 2.75) is 44.8 Å². The van der Waals surface area contributed by atoms with Crippen molar-refractivity contribution in [3.8, 4) is 5.75 Å². The highest BCUT2D eigenvalue weighted by molar-refractivity contribution is 5.37. The first kappa shape index (κ1) is 12.0. The van der Waals surface area contributed by atoms with E-state index in [4.69, 9.17) is 4.74 Å². The molecule has 3 heteroatoms. The summed E-state index contributed by atoms with van der Waals surface area (Å²) in [6, 6.07) is 5.48. The van der Waals surface area contributed by atoms with E-state index >= 15 is 0 Å². The molecule has 0 radical (unpaired) electrons. The third-order valence-electron chi connectivity index (χ3n) is 3.95. The molecule has 0 amide bonds. The minimum absolute atomic E-state index is 0.170. The average molecular weight is 249 g/mol. The Morgan fingerprint density at radius 3 is 3.17 bits per heavy atom. The molecule has 1 aromatic carbocycles. The Balaban J connectivity index is 1.47. The van der Waals surface area contributed by atoms with Crippen molar-refractivity contribution >= 4 is 0 Å². The van der Waals surface area contributed by atoms with Crippen LogP contribution in [0.15, 0.2) is 18.2 Å². The molecular weight excluding hydrogens is 229 g/mol. The topological polar surface area (TPSA) is 21.3 Å². The van der Waals surface area contributed by atoms with E-state index in [1.807, 2.05) is 0 Å². The number of ether oxygens (including phenoxy) is 1. The molecule has 0 bridgehead atoms. The van der Waals surface area contributed by atoms with Gasteiger partial charge in [-0.15, -0.1) is 0 Å². The van der Waals surface area contributed by atoms with Gasteiger partial charge in [0.1, 0.15) is 17.7 Å². The Labute approximate surface area is 108 Å². The molecule has 18 heavy (non-hydrogen) atoms. The van der Waals surface area contributed by atoms with E-state index < -0.39 is 0 Å². The van der Waals surface area contributed by atoms with Gasteiger partial charge < -0.3 is 10.1 Å². The lowest BCUT2D eigenvalue weighted by atomic mass is 10.1. The highest BCUT2D eigenvalue weighted by Gasteiger charge is 2.36. The molecule has 3 unspecified atom stereocenters. The maximum absolute atomic E-state index is 13.1. The van der Waals surface area contributed by atoms with Gasteiger partial charge >= 0.3 is 0 Å². The Morgan fingerprint density at radius 1 is 1.44 bits per heavy atom. The van der Waals surface area contributed by atoms with E-state index in [-0.39, 0.29) is 11.9 Å². The van der Waals surface area contributed by atoms with Crippen LogP contribution in [0.1, 0.15) is 31.7 Å². The van der Waals surface area contributed by atoms with Gasteiger partial charge in [0.05, 0.1) is 0 Å². The summed E-state index contributed by atoms with van der Waals surface area (Å²) in [5.41, 5.74) is 1.00. The van der Waals surface area contributed by atoms with Crippen molar-refractivity contribution in [1.29, 1.82) is 0 Å². The van der Waals surface area contributed by atoms with Crippen LogP contribution in [0, 0.1) is 11.7 Å². The van der Waals surface area contributed by atoms with Gasteiger partial charge in [0.15, 0.2) is 0 Å². The maximum atomic E-state index is 13.1. The van der Waals surface area contributed by atoms with Crippen molar-refractivity contribution in [3.05, 3.63) is 29.6 Å². The number of benzene rings is 1. The molecule has 2 nitrogen and oxygen atoms in total. The second kappa shape index (κ2) is 4.88. The molecule has 2 aliphatic rings. The van der Waals surface area contributed by atoms with E-state index in [1.165, 1.54) is 25.3 Å². The van der Waals surface area contributed by atoms with Gasteiger partial charge in [0.2, 0.25) is 0 Å². The molecule has 1 saturated carbocycles. The molecule has 1 aliphatic carbocycles. The molecular formula is C15H20FNO. The summed E-state index contributed by atoms with van der Waals surface area (Å²) in [5.74, 6) is 1.55. The van der Waals surface area contributed by atoms with Gasteiger partial charge in [0, 0.05) is 24.6 Å². The van der Waals surface area contributed by atoms with Crippen LogP contribution in [0.4, 0.5) is 4.39 Å². The van der Waals surface area contributed by atoms with E-state index in [9.17, 15) is 4.39 Å². The second-order valence-corrected chi connectivity index (χ2v) is 5.50. The monoisotopic (exact) mass is 249 g/mol. The zero-order valence-corrected chi connectivity index (χ0v) is 10.8. The van der Waals surface area contributed by atoms with E-state index in [0.717, 1.165) is 30.2 Å². The third-order valence-corrected chi connectivity index (χ3v) is 3.95. The highest BCUT2D eigenvalue weighted by Crippen LogP contribution is 2.35. The first-order valence-corrected chi connectivity index (χ1v) is 6.94. The number of rotatable bonds is 5. The van der Waals surface area contributed by atoms with Crippen LogP contribution in [-0.2, 0) is 6.42 Å². The van der Waals surface area contributed by atoms with Gasteiger partial charge in [0.25, 0.3) is 0 Å². The first-order valence-electron chi connectivity index (χ1n) is 6.94. The Bertz CT molecular complexity index is 435. The molecule has 98 valence electrons. The number of fused-ring (bicyclic) bond motifs is 1. The lowest BCUT2D eigenvalue weighted by molar-refractivity contribution is 0.226. The summed E-state index contributed by atoms with van der Waals surface area (Å²) < 4.78 is 18.9. The van der Waals surface area contributed by atoms with Crippen LogP contribution in [0.5, 0.6) is 5.75 Å². The fourth-order valence-electron chi connectivity index (χ4n) is 2.87. The lowest BCUT2D eigenvalue weighted by Crippen LogP contribution is -2.32. The van der Waals surface area contributed by atoms with Crippen LogP contribution in [-0.4, -0.2) is 18.7 Å². The number of halogens is 1. The van der Waals surface area contributed by atoms with Gasteiger partial charge in [-0.1, -0.05) is 13.3 Å². The standard InChI is InChI=1S/C15H20FNO/c1-2-3-10-8-14(10)17-9-13-7-11-6-12(16)4-5-15(11)18-13/h4-6,10,13-14,17H,2-3,7-9H2,1H3. The molecule has 3 rings (SSSR count). The molecule has 1 N–H and O–H groups in total. The minimum Gasteiger partial charge on any atom is -0.488 e. The van der Waals surface area contributed by atoms with Gasteiger partial charge in [-0.2, -0.15) is 0 Å². The summed E-state index contributed by atoms with van der Waals surface area (Å²) in [4.78, 5) is 0. The zero-order valence-electron chi connectivity index (χ0n) is 10.8. The average Bonchev–Trinajstić information content (AvgIpc) is 2.96. The Hall–Kier alpha value is -1.09. The first-order chi connectivity index (χ1) is 8.76. The number of nitrogens with one attached hydrogen (secondary N) is 1. The van der Waals surface area contributed by atoms with E-state index in [1.54, 1.807) is 12.1 Å². The molecule has 3 atom stereocenters. The quantitative estimate of drug-likeness (QED) is 0.866. The van der Waals surface area contributed by atoms with Crippen LogP contribution >= 0.6 is 0 Å². The molecule has 1 aliphatic heterocycles. The molecule has 1 heterocycles. The van der Waals surface area contributed by atoms with Crippen molar-refractivity contribution in [2.75, 3.05) is 6.54 Å². The van der Waals surface area contributed by atoms with Gasteiger partial charge in [-0.3, -0.25) is 0 Å². The summed E-state index contributed by atoms with van der Waals surface area (Å²) in [7, 11) is 0. The minimum atomic E-state index is -0.170. The lowest BCUT2D eigenvalue weighted by Gasteiger charge is -2.11. The highest BCUT2D eigenvalue weighted by atomic mass is 19.1. The van der Waals surface area contributed by atoms with Crippen molar-refractivity contribution in [1.82, 2.24) is 5.32 Å². The van der Waals surface area contributed by atoms with Gasteiger partial charge in [-0.25, -0.2) is 4.39 Å². The smallest absolute Gasteiger partial charge is 0.123 e. The largest absolute Gasteiger partial charge is 0.488 e. The third kappa shape index (κ3) is 2.51. The SMILES string of the molecule is CCCC1CC1NCC1Cc2cc(F)ccc2O1. The predicted octanol–water partition coefficient (Wildman–Crippen LogP) is 2.91.